The zero-order valence-corrected chi connectivity index (χ0v) is 20.2. The Morgan fingerprint density at radius 2 is 1.44 bits per heavy atom. The number of carboxylic acids is 1. The van der Waals surface area contributed by atoms with Gasteiger partial charge in [-0.1, -0.05) is 78.9 Å². The highest BCUT2D eigenvalue weighted by atomic mass is 16.6. The van der Waals surface area contributed by atoms with E-state index in [1.807, 2.05) is 78.9 Å². The van der Waals surface area contributed by atoms with Crippen molar-refractivity contribution in [1.82, 2.24) is 5.32 Å². The number of carboxylic acid groups (broad SMARTS) is 1. The summed E-state index contributed by atoms with van der Waals surface area (Å²) in [5, 5.41) is 13.9. The number of benzene rings is 3. The maximum Gasteiger partial charge on any atom is 0.407 e. The number of nitrogens with one attached hydrogen (secondary N) is 1. The van der Waals surface area contributed by atoms with Crippen LogP contribution in [0.15, 0.2) is 78.9 Å². The summed E-state index contributed by atoms with van der Waals surface area (Å²) in [6, 6.07) is 23.7. The van der Waals surface area contributed by atoms with E-state index >= 15 is 0 Å². The summed E-state index contributed by atoms with van der Waals surface area (Å²) in [5.74, 6) is -2.23. The van der Waals surface area contributed by atoms with E-state index in [4.69, 9.17) is 9.47 Å². The van der Waals surface area contributed by atoms with Crippen molar-refractivity contribution >= 4 is 18.0 Å². The number of rotatable bonds is 9. The van der Waals surface area contributed by atoms with E-state index in [9.17, 15) is 19.5 Å². The van der Waals surface area contributed by atoms with Crippen LogP contribution in [-0.2, 0) is 24.7 Å². The quantitative estimate of drug-likeness (QED) is 0.460. The molecule has 3 aromatic carbocycles. The van der Waals surface area contributed by atoms with Crippen molar-refractivity contribution in [2.75, 3.05) is 6.61 Å². The number of hydrogen-bond acceptors (Lipinski definition) is 6. The Labute approximate surface area is 210 Å². The van der Waals surface area contributed by atoms with Crippen molar-refractivity contribution in [3.05, 3.63) is 95.6 Å². The van der Waals surface area contributed by atoms with Gasteiger partial charge in [0.2, 0.25) is 0 Å². The van der Waals surface area contributed by atoms with E-state index in [0.717, 1.165) is 27.8 Å². The third-order valence-electron chi connectivity index (χ3n) is 6.40. The molecule has 1 atom stereocenters. The lowest BCUT2D eigenvalue weighted by Crippen LogP contribution is -2.48. The first-order chi connectivity index (χ1) is 17.3. The van der Waals surface area contributed by atoms with Crippen LogP contribution in [0, 0.1) is 0 Å². The van der Waals surface area contributed by atoms with Gasteiger partial charge in [-0.2, -0.15) is 0 Å². The second-order valence-electron chi connectivity index (χ2n) is 9.23. The van der Waals surface area contributed by atoms with Gasteiger partial charge < -0.3 is 24.7 Å². The van der Waals surface area contributed by atoms with Crippen molar-refractivity contribution in [3.8, 4) is 11.1 Å². The van der Waals surface area contributed by atoms with E-state index in [1.165, 1.54) is 0 Å². The van der Waals surface area contributed by atoms with Gasteiger partial charge in [-0.25, -0.2) is 4.79 Å². The molecule has 0 heterocycles. The molecule has 0 fully saturated rings. The van der Waals surface area contributed by atoms with Gasteiger partial charge in [0, 0.05) is 12.3 Å². The Kier molecular flexibility index (Phi) is 7.38. The monoisotopic (exact) mass is 486 g/mol. The van der Waals surface area contributed by atoms with Crippen LogP contribution in [0.3, 0.4) is 0 Å². The topological polar surface area (TPSA) is 105 Å². The highest BCUT2D eigenvalue weighted by Gasteiger charge is 2.30. The van der Waals surface area contributed by atoms with Crippen molar-refractivity contribution in [3.63, 3.8) is 0 Å². The first-order valence-corrected chi connectivity index (χ1v) is 11.9. The maximum atomic E-state index is 12.5. The van der Waals surface area contributed by atoms with Gasteiger partial charge in [0.15, 0.2) is 0 Å². The molecule has 1 amide bonds. The van der Waals surface area contributed by atoms with E-state index < -0.39 is 29.7 Å². The summed E-state index contributed by atoms with van der Waals surface area (Å²) in [7, 11) is 0. The molecule has 1 aliphatic carbocycles. The number of aliphatic carboxylic acids is 1. The second kappa shape index (κ2) is 10.6. The smallest absolute Gasteiger partial charge is 0.407 e. The fraction of sp³-hybridized carbons (Fsp3) is 0.276. The Balaban J connectivity index is 1.32. The van der Waals surface area contributed by atoms with Crippen molar-refractivity contribution < 1.29 is 29.0 Å². The molecule has 0 saturated carbocycles. The van der Waals surface area contributed by atoms with Gasteiger partial charge in [0.25, 0.3) is 0 Å². The number of carbonyl (C=O) groups excluding carboxylic acids is 3. The standard InChI is InChI=1S/C29H29NO6/c1-29(2,19-10-4-3-5-11-19)36-26(31)17-16-25(27(32)33)30-28(34)35-18-24-22-14-8-6-12-20(22)21-13-7-9-15-23(21)24/h3-15,24-25H,16-18H2,1-2H3,(H,30,34)(H,32,33)/p-1/t25-/m0/s1. The molecule has 0 radical (unpaired) electrons. The molecule has 0 spiro atoms. The first-order valence-electron chi connectivity index (χ1n) is 11.9. The third kappa shape index (κ3) is 5.57. The Hall–Kier alpha value is -4.13. The van der Waals surface area contributed by atoms with E-state index in [2.05, 4.69) is 5.32 Å². The Morgan fingerprint density at radius 3 is 2.03 bits per heavy atom. The molecular weight excluding hydrogens is 458 g/mol. The van der Waals surface area contributed by atoms with Crippen LogP contribution >= 0.6 is 0 Å². The van der Waals surface area contributed by atoms with Gasteiger partial charge >= 0.3 is 12.1 Å². The molecule has 0 bridgehead atoms. The average molecular weight is 487 g/mol. The van der Waals surface area contributed by atoms with Crippen molar-refractivity contribution in [2.45, 2.75) is 44.2 Å². The number of esters is 1. The van der Waals surface area contributed by atoms with Gasteiger partial charge in [-0.05, 0) is 48.1 Å². The molecule has 0 aromatic heterocycles. The molecule has 7 heteroatoms. The minimum atomic E-state index is -1.50. The lowest BCUT2D eigenvalue weighted by atomic mass is 9.98. The van der Waals surface area contributed by atoms with E-state index in [1.54, 1.807) is 13.8 Å². The molecule has 0 saturated heterocycles. The van der Waals surface area contributed by atoms with Crippen LogP contribution in [0.2, 0.25) is 0 Å². The fourth-order valence-electron chi connectivity index (χ4n) is 4.53. The lowest BCUT2D eigenvalue weighted by molar-refractivity contribution is -0.308. The SMILES string of the molecule is CC(C)(OC(=O)CC[C@H](NC(=O)OCC1c2ccccc2-c2ccccc21)C(=O)[O-])c1ccccc1. The van der Waals surface area contributed by atoms with Crippen LogP contribution in [-0.4, -0.2) is 30.7 Å². The van der Waals surface area contributed by atoms with Crippen LogP contribution in [0.4, 0.5) is 4.79 Å². The number of ether oxygens (including phenoxy) is 2. The Morgan fingerprint density at radius 1 is 0.889 bits per heavy atom. The molecule has 36 heavy (non-hydrogen) atoms. The minimum Gasteiger partial charge on any atom is -0.548 e. The predicted molar refractivity (Wildman–Crippen MR) is 132 cm³/mol. The molecule has 1 N–H and O–H groups in total. The highest BCUT2D eigenvalue weighted by Crippen LogP contribution is 2.44. The molecule has 4 rings (SSSR count). The molecule has 7 nitrogen and oxygen atoms in total. The number of amides is 1. The summed E-state index contributed by atoms with van der Waals surface area (Å²) < 4.78 is 11.0. The summed E-state index contributed by atoms with van der Waals surface area (Å²) >= 11 is 0. The summed E-state index contributed by atoms with van der Waals surface area (Å²) in [6.45, 7) is 3.56. The lowest BCUT2D eigenvalue weighted by Gasteiger charge is -2.26. The molecule has 1 aliphatic rings. The Bertz CT molecular complexity index is 1210. The minimum absolute atomic E-state index is 0.0485. The molecular formula is C29H28NO6-. The van der Waals surface area contributed by atoms with Gasteiger partial charge in [-0.15, -0.1) is 0 Å². The summed E-state index contributed by atoms with van der Waals surface area (Å²) in [5.41, 5.74) is 4.21. The number of alkyl carbamates (subject to hydrolysis) is 1. The number of hydrogen-bond donors (Lipinski definition) is 1. The zero-order chi connectivity index (χ0) is 25.7. The third-order valence-corrected chi connectivity index (χ3v) is 6.40. The average Bonchev–Trinajstić information content (AvgIpc) is 3.19. The van der Waals surface area contributed by atoms with Crippen molar-refractivity contribution in [2.24, 2.45) is 0 Å². The van der Waals surface area contributed by atoms with Gasteiger partial charge in [-0.3, -0.25) is 4.79 Å². The fourth-order valence-corrected chi connectivity index (χ4v) is 4.53. The maximum absolute atomic E-state index is 12.5. The van der Waals surface area contributed by atoms with E-state index in [-0.39, 0.29) is 25.4 Å². The zero-order valence-electron chi connectivity index (χ0n) is 20.2. The molecule has 0 unspecified atom stereocenters. The summed E-state index contributed by atoms with van der Waals surface area (Å²) in [6.07, 6.45) is -1.28. The molecule has 0 aliphatic heterocycles. The van der Waals surface area contributed by atoms with Crippen molar-refractivity contribution in [1.29, 1.82) is 0 Å². The first kappa shape index (κ1) is 25.0. The van der Waals surface area contributed by atoms with Gasteiger partial charge in [0.1, 0.15) is 12.2 Å². The number of carbonyl (C=O) groups is 3. The van der Waals surface area contributed by atoms with E-state index in [0.29, 0.717) is 0 Å². The van der Waals surface area contributed by atoms with Crippen LogP contribution in [0.5, 0.6) is 0 Å². The molecule has 3 aromatic rings. The predicted octanol–water partition coefficient (Wildman–Crippen LogP) is 3.90. The number of fused-ring (bicyclic) bond motifs is 3. The summed E-state index contributed by atoms with van der Waals surface area (Å²) in [4.78, 5) is 36.5. The highest BCUT2D eigenvalue weighted by molar-refractivity contribution is 5.81. The van der Waals surface area contributed by atoms with Gasteiger partial charge in [0.05, 0.1) is 12.0 Å². The van der Waals surface area contributed by atoms with Crippen LogP contribution in [0.1, 0.15) is 49.3 Å². The normalized spacial score (nSPS) is 13.3. The van der Waals surface area contributed by atoms with Crippen LogP contribution in [0.25, 0.3) is 11.1 Å². The largest absolute Gasteiger partial charge is 0.548 e. The molecule has 186 valence electrons. The second-order valence-corrected chi connectivity index (χ2v) is 9.23. The van der Waals surface area contributed by atoms with Crippen LogP contribution < -0.4 is 10.4 Å².